The van der Waals surface area contributed by atoms with Gasteiger partial charge in [-0.05, 0) is 182 Å². The first-order valence-electron chi connectivity index (χ1n) is 29.3. The largest absolute Gasteiger partial charge is 1.00 e. The van der Waals surface area contributed by atoms with Crippen LogP contribution in [-0.2, 0) is 47.4 Å². The fraction of sp³-hybridized carbons (Fsp3) is 0.188. The quantitative estimate of drug-likeness (QED) is 0.0307. The molecule has 0 atom stereocenters. The normalized spacial score (nSPS) is 9.97. The summed E-state index contributed by atoms with van der Waals surface area (Å²) in [4.78, 5) is -2.14. The predicted octanol–water partition coefficient (Wildman–Crippen LogP) is -1.15. The summed E-state index contributed by atoms with van der Waals surface area (Å²) in [6.45, 7) is 18.4. The van der Waals surface area contributed by atoms with Gasteiger partial charge in [-0.15, -0.1) is 24.8 Å². The molecule has 0 aliphatic rings. The Morgan fingerprint density at radius 3 is 1.05 bits per heavy atom. The average Bonchev–Trinajstić information content (AvgIpc) is 0.771. The van der Waals surface area contributed by atoms with Crippen LogP contribution in [0.25, 0.3) is 21.5 Å². The van der Waals surface area contributed by atoms with Crippen molar-refractivity contribution in [2.45, 2.75) is 103 Å². The molecule has 0 saturated heterocycles. The molecule has 0 saturated carbocycles. The number of hydrogen-bond donors (Lipinski definition) is 17. The third kappa shape index (κ3) is 35.6. The molecule has 0 amide bonds. The molecule has 554 valence electrons. The van der Waals surface area contributed by atoms with E-state index in [1.54, 1.807) is 103 Å². The van der Waals surface area contributed by atoms with Crippen LogP contribution in [0.5, 0.6) is 97.7 Å². The van der Waals surface area contributed by atoms with Crippen molar-refractivity contribution in [2.24, 2.45) is 0 Å². The summed E-state index contributed by atoms with van der Waals surface area (Å²) < 4.78 is 120. The summed E-state index contributed by atoms with van der Waals surface area (Å²) in [5.41, 5.74) is 5.79. The van der Waals surface area contributed by atoms with Gasteiger partial charge in [0.2, 0.25) is 0 Å². The van der Waals surface area contributed by atoms with Gasteiger partial charge in [-0.1, -0.05) is 75.7 Å². The number of fused-ring (bicyclic) bond motifs is 2. The van der Waals surface area contributed by atoms with Gasteiger partial charge in [-0.2, -0.15) is 6.07 Å². The van der Waals surface area contributed by atoms with E-state index in [2.05, 4.69) is 6.92 Å². The van der Waals surface area contributed by atoms with Crippen molar-refractivity contribution in [3.63, 3.8) is 0 Å². The maximum Gasteiger partial charge on any atom is 1.00 e. The number of phenols is 17. The first-order chi connectivity index (χ1) is 47.1. The number of benzene rings is 10. The number of hydrogen-bond acceptors (Lipinski definition) is 29. The molecule has 0 spiro atoms. The molecule has 0 aromatic heterocycles. The molecule has 0 aliphatic carbocycles. The molecule has 17 N–H and O–H groups in total. The van der Waals surface area contributed by atoms with Gasteiger partial charge < -0.3 is 100 Å². The SMILES string of the molecule is CC.CCCCc1cc(O)cc(C)c1O.Cc1cc(O)c(C)cc1O.Cc1cc(O)c(C)cc1O.Cc1cc(O)cc(C)c1O.O=S(=O)([O-])c1c(O)cc(O)c2ccccc12.O=S(=O)([O-])c1c[c-]c(O)c(O)c1.O=S(=O)([O-])c1cc(O)c(O)c(O)c1.O=S(=O)=O.Oc1cc2ccccc2cc1O.[Na+].[Na+].[Na+].[Na+]. The second-order valence-electron chi connectivity index (χ2n) is 21.1. The molecule has 0 unspecified atom stereocenters. The zero-order valence-corrected chi connectivity index (χ0v) is 71.3. The number of aryl methyl sites for hydroxylation is 8. The number of aromatic hydroxyl groups is 17. The second kappa shape index (κ2) is 48.9. The van der Waals surface area contributed by atoms with Crippen LogP contribution < -0.4 is 118 Å². The van der Waals surface area contributed by atoms with Crippen molar-refractivity contribution in [3.8, 4) is 97.7 Å². The van der Waals surface area contributed by atoms with E-state index >= 15 is 0 Å². The van der Waals surface area contributed by atoms with Crippen LogP contribution in [0.2, 0.25) is 0 Å². The molecule has 37 heteroatoms. The van der Waals surface area contributed by atoms with Crippen molar-refractivity contribution >= 4 is 62.5 Å². The van der Waals surface area contributed by atoms with Gasteiger partial charge in [-0.3, -0.25) is 8.42 Å². The Kier molecular flexibility index (Phi) is 48.4. The molecule has 106 heavy (non-hydrogen) atoms. The summed E-state index contributed by atoms with van der Waals surface area (Å²) >= 11 is 0. The van der Waals surface area contributed by atoms with Gasteiger partial charge in [0.1, 0.15) is 82.6 Å². The molecule has 10 aromatic carbocycles. The molecule has 0 heterocycles. The minimum Gasteiger partial charge on any atom is -0.754 e. The Balaban J connectivity index is -0.000000554. The van der Waals surface area contributed by atoms with E-state index < -0.39 is 90.1 Å². The van der Waals surface area contributed by atoms with Crippen molar-refractivity contribution in [2.75, 3.05) is 0 Å². The Hall–Kier alpha value is -7.33. The predicted molar refractivity (Wildman–Crippen MR) is 370 cm³/mol. The monoisotopic (exact) mass is 1590 g/mol. The molecule has 0 bridgehead atoms. The second-order valence-corrected chi connectivity index (χ2v) is 25.6. The molecule has 10 rings (SSSR count). The van der Waals surface area contributed by atoms with Crippen LogP contribution in [0.3, 0.4) is 0 Å². The molecule has 0 aliphatic heterocycles. The molecular formula is C69H76Na4O29S4. The van der Waals surface area contributed by atoms with Gasteiger partial charge in [0, 0.05) is 40.5 Å². The van der Waals surface area contributed by atoms with Crippen LogP contribution in [0.4, 0.5) is 0 Å². The third-order valence-corrected chi connectivity index (χ3v) is 15.8. The number of phenolic OH excluding ortho intramolecular Hbond substituents is 17. The Morgan fingerprint density at radius 2 is 0.698 bits per heavy atom. The zero-order chi connectivity index (χ0) is 78.6. The standard InChI is InChI=1S/C11H16O2.C10H8O5S.C10H8O2.3C8H10O2.C6H6O6S.C6H5O5S.C2H6.4Na.O3S/c1-3-4-5-9-7-10(12)6-8(2)11(9)13;11-8-5-9(12)10(16(13,14)15)7-4-2-1-3-6(7)8;11-9-5-7-3-1-2-4-8(7)6-10(9)12;2*1-5-3-8(10)6(2)4-7(5)9;1-5-3-7(9)4-6(2)8(5)10;7-4-1-3(13(10,11)12)2-5(8)6(4)9;7-5-2-1-4(3-6(5)8)12(9,10)11;1-2;;;;;1-4(2)3/h6-7,12-13H,3-5H2,1-2H3;1-5,11-12H,(H,13,14,15);1-6,11-12H;3*3-4,9-10H,1-2H3;1-2,7-9H,(H,10,11,12);1,3,7-8H,(H,9,10,11);1-2H3;;;;;/q;;;;;;;-1;;4*+1;/p-3. The van der Waals surface area contributed by atoms with E-state index in [4.69, 9.17) is 73.9 Å². The smallest absolute Gasteiger partial charge is 0.754 e. The van der Waals surface area contributed by atoms with Gasteiger partial charge in [0.15, 0.2) is 28.7 Å². The van der Waals surface area contributed by atoms with Gasteiger partial charge in [-0.25, -0.2) is 16.8 Å². The van der Waals surface area contributed by atoms with Crippen molar-refractivity contribution in [1.82, 2.24) is 0 Å². The van der Waals surface area contributed by atoms with E-state index in [1.165, 1.54) is 30.3 Å². The molecule has 10 aromatic rings. The van der Waals surface area contributed by atoms with Crippen LogP contribution in [0, 0.1) is 54.5 Å². The van der Waals surface area contributed by atoms with Gasteiger partial charge >= 0.3 is 129 Å². The Bertz CT molecular complexity index is 4760. The molecule has 0 radical (unpaired) electrons. The maximum absolute atomic E-state index is 11.0. The number of rotatable bonds is 6. The topological polar surface area (TPSA) is 567 Å². The van der Waals surface area contributed by atoms with Gasteiger partial charge in [0.25, 0.3) is 0 Å². The van der Waals surface area contributed by atoms with E-state index in [0.717, 1.165) is 53.3 Å². The fourth-order valence-electron chi connectivity index (χ4n) is 8.01. The molecule has 29 nitrogen and oxygen atoms in total. The van der Waals surface area contributed by atoms with Crippen LogP contribution >= 0.6 is 0 Å². The minimum absolute atomic E-state index is 0. The minimum atomic E-state index is -4.79. The van der Waals surface area contributed by atoms with Crippen molar-refractivity contribution < 1.29 is 257 Å². The summed E-state index contributed by atoms with van der Waals surface area (Å²) in [7, 11) is -17.2. The molecular weight excluding hydrogens is 1510 g/mol. The summed E-state index contributed by atoms with van der Waals surface area (Å²) in [5.74, 6) is -3.10. The maximum atomic E-state index is 11.0. The summed E-state index contributed by atoms with van der Waals surface area (Å²) in [5, 5.41) is 157. The van der Waals surface area contributed by atoms with E-state index in [9.17, 15) is 64.4 Å². The van der Waals surface area contributed by atoms with E-state index in [-0.39, 0.29) is 186 Å². The molecule has 0 fully saturated rings. The van der Waals surface area contributed by atoms with E-state index in [1.807, 2.05) is 44.2 Å². The first kappa shape index (κ1) is 105. The third-order valence-electron chi connectivity index (χ3n) is 13.2. The summed E-state index contributed by atoms with van der Waals surface area (Å²) in [6, 6.07) is 34.4. The van der Waals surface area contributed by atoms with Gasteiger partial charge in [0.05, 0.1) is 15.0 Å². The van der Waals surface area contributed by atoms with E-state index in [0.29, 0.717) is 57.3 Å². The fourth-order valence-corrected chi connectivity index (χ4v) is 9.75. The van der Waals surface area contributed by atoms with Crippen LogP contribution in [0.1, 0.15) is 78.1 Å². The van der Waals surface area contributed by atoms with Crippen LogP contribution in [-0.4, -0.2) is 138 Å². The van der Waals surface area contributed by atoms with Crippen LogP contribution in [0.15, 0.2) is 154 Å². The van der Waals surface area contributed by atoms with Crippen molar-refractivity contribution in [3.05, 3.63) is 190 Å². The van der Waals surface area contributed by atoms with Crippen molar-refractivity contribution in [1.29, 1.82) is 0 Å². The zero-order valence-electron chi connectivity index (χ0n) is 60.0. The number of unbranched alkanes of at least 4 members (excludes halogenated alkanes) is 1. The summed E-state index contributed by atoms with van der Waals surface area (Å²) in [6.07, 6.45) is 2.96. The Labute approximate surface area is 702 Å². The Morgan fingerprint density at radius 1 is 0.358 bits per heavy atom. The average molecular weight is 1590 g/mol. The first-order valence-corrected chi connectivity index (χ1v) is 34.5.